The first-order valence-corrected chi connectivity index (χ1v) is 6.23. The number of hydrogen-bond acceptors (Lipinski definition) is 3. The monoisotopic (exact) mass is 257 g/mol. The van der Waals surface area contributed by atoms with Crippen LogP contribution in [0.5, 0.6) is 11.5 Å². The van der Waals surface area contributed by atoms with E-state index in [0.29, 0.717) is 12.2 Å². The summed E-state index contributed by atoms with van der Waals surface area (Å²) in [6.07, 6.45) is 0.658. The molecular weight excluding hydrogens is 238 g/mol. The average Bonchev–Trinajstić information content (AvgIpc) is 2.38. The molecule has 0 aliphatic carbocycles. The number of para-hydroxylation sites is 1. The largest absolute Gasteiger partial charge is 0.504 e. The van der Waals surface area contributed by atoms with Gasteiger partial charge in [-0.15, -0.1) is 0 Å². The molecule has 0 spiro atoms. The predicted molar refractivity (Wildman–Crippen MR) is 77.8 cm³/mol. The smallest absolute Gasteiger partial charge is 0.161 e. The lowest BCUT2D eigenvalue weighted by molar-refractivity contribution is 0.371. The minimum atomic E-state index is 0.206. The zero-order valence-electron chi connectivity index (χ0n) is 11.5. The second kappa shape index (κ2) is 5.22. The van der Waals surface area contributed by atoms with Crippen LogP contribution in [0.2, 0.25) is 0 Å². The Labute approximate surface area is 113 Å². The third-order valence-corrected chi connectivity index (χ3v) is 3.35. The van der Waals surface area contributed by atoms with E-state index in [4.69, 9.17) is 10.5 Å². The first kappa shape index (κ1) is 13.3. The Balaban J connectivity index is 2.36. The molecule has 0 radical (unpaired) electrons. The molecule has 3 N–H and O–H groups in total. The summed E-state index contributed by atoms with van der Waals surface area (Å²) in [6, 6.07) is 9.64. The van der Waals surface area contributed by atoms with E-state index in [9.17, 15) is 5.11 Å². The van der Waals surface area contributed by atoms with Crippen LogP contribution in [0.25, 0.3) is 0 Å². The standard InChI is InChI=1S/C16H19NO2/c1-10-7-12(8-11(2)15(10)17)9-13-5-4-6-14(19-3)16(13)18/h4-8,18H,9,17H2,1-3H3. The van der Waals surface area contributed by atoms with Gasteiger partial charge in [0.05, 0.1) is 7.11 Å². The van der Waals surface area contributed by atoms with Crippen LogP contribution in [-0.2, 0) is 6.42 Å². The number of nitrogens with two attached hydrogens (primary N) is 1. The van der Waals surface area contributed by atoms with Crippen molar-refractivity contribution in [3.8, 4) is 11.5 Å². The number of benzene rings is 2. The molecule has 0 aliphatic heterocycles. The molecule has 3 nitrogen and oxygen atoms in total. The normalized spacial score (nSPS) is 10.5. The molecule has 3 heteroatoms. The van der Waals surface area contributed by atoms with Crippen LogP contribution in [0.1, 0.15) is 22.3 Å². The van der Waals surface area contributed by atoms with Crippen molar-refractivity contribution in [1.82, 2.24) is 0 Å². The van der Waals surface area contributed by atoms with Gasteiger partial charge in [-0.3, -0.25) is 0 Å². The molecule has 2 aromatic rings. The maximum Gasteiger partial charge on any atom is 0.161 e. The van der Waals surface area contributed by atoms with Gasteiger partial charge in [-0.25, -0.2) is 0 Å². The van der Waals surface area contributed by atoms with Gasteiger partial charge >= 0.3 is 0 Å². The quantitative estimate of drug-likeness (QED) is 0.830. The minimum absolute atomic E-state index is 0.206. The van der Waals surface area contributed by atoms with E-state index in [-0.39, 0.29) is 5.75 Å². The zero-order chi connectivity index (χ0) is 14.0. The number of ether oxygens (including phenoxy) is 1. The zero-order valence-corrected chi connectivity index (χ0v) is 11.5. The molecule has 0 saturated heterocycles. The second-order valence-corrected chi connectivity index (χ2v) is 4.79. The molecule has 0 aliphatic rings. The summed E-state index contributed by atoms with van der Waals surface area (Å²) in [6.45, 7) is 3.99. The van der Waals surface area contributed by atoms with E-state index >= 15 is 0 Å². The number of nitrogen functional groups attached to an aromatic ring is 1. The lowest BCUT2D eigenvalue weighted by Gasteiger charge is -2.11. The lowest BCUT2D eigenvalue weighted by Crippen LogP contribution is -1.97. The van der Waals surface area contributed by atoms with E-state index in [1.807, 2.05) is 26.0 Å². The summed E-state index contributed by atoms with van der Waals surface area (Å²) < 4.78 is 5.12. The highest BCUT2D eigenvalue weighted by Crippen LogP contribution is 2.31. The third kappa shape index (κ3) is 2.65. The van der Waals surface area contributed by atoms with Gasteiger partial charge in [0.25, 0.3) is 0 Å². The molecule has 0 aromatic heterocycles. The number of aryl methyl sites for hydroxylation is 2. The Morgan fingerprint density at radius 2 is 1.79 bits per heavy atom. The molecule has 0 heterocycles. The first-order valence-electron chi connectivity index (χ1n) is 6.23. The maximum atomic E-state index is 10.1. The summed E-state index contributed by atoms with van der Waals surface area (Å²) in [5.41, 5.74) is 10.9. The number of phenolic OH excluding ortho intramolecular Hbond substituents is 1. The predicted octanol–water partition coefficient (Wildman–Crippen LogP) is 3.19. The van der Waals surface area contributed by atoms with Gasteiger partial charge in [-0.2, -0.15) is 0 Å². The van der Waals surface area contributed by atoms with Crippen molar-refractivity contribution in [3.63, 3.8) is 0 Å². The van der Waals surface area contributed by atoms with Crippen LogP contribution >= 0.6 is 0 Å². The molecule has 0 fully saturated rings. The SMILES string of the molecule is COc1cccc(Cc2cc(C)c(N)c(C)c2)c1O. The highest BCUT2D eigenvalue weighted by atomic mass is 16.5. The van der Waals surface area contributed by atoms with E-state index in [1.165, 1.54) is 0 Å². The number of hydrogen-bond donors (Lipinski definition) is 2. The van der Waals surface area contributed by atoms with Gasteiger partial charge in [0.15, 0.2) is 11.5 Å². The number of rotatable bonds is 3. The number of anilines is 1. The Bertz CT molecular complexity index is 583. The van der Waals surface area contributed by atoms with Gasteiger partial charge in [-0.05, 0) is 36.6 Å². The van der Waals surface area contributed by atoms with Crippen LogP contribution in [-0.4, -0.2) is 12.2 Å². The minimum Gasteiger partial charge on any atom is -0.504 e. The van der Waals surface area contributed by atoms with Crippen LogP contribution in [0, 0.1) is 13.8 Å². The van der Waals surface area contributed by atoms with Crippen LogP contribution in [0.15, 0.2) is 30.3 Å². The summed E-state index contributed by atoms with van der Waals surface area (Å²) >= 11 is 0. The van der Waals surface area contributed by atoms with Gasteiger partial charge in [0.2, 0.25) is 0 Å². The third-order valence-electron chi connectivity index (χ3n) is 3.35. The molecule has 0 amide bonds. The molecular formula is C16H19NO2. The van der Waals surface area contributed by atoms with Gasteiger partial charge in [0, 0.05) is 17.7 Å². The van der Waals surface area contributed by atoms with Crippen molar-refractivity contribution in [2.45, 2.75) is 20.3 Å². The molecule has 0 bridgehead atoms. The molecule has 2 rings (SSSR count). The molecule has 0 saturated carbocycles. The van der Waals surface area contributed by atoms with Crippen molar-refractivity contribution < 1.29 is 9.84 Å². The van der Waals surface area contributed by atoms with E-state index in [2.05, 4.69) is 12.1 Å². The highest BCUT2D eigenvalue weighted by Gasteiger charge is 2.09. The van der Waals surface area contributed by atoms with Gasteiger partial charge < -0.3 is 15.6 Å². The molecule has 2 aromatic carbocycles. The summed E-state index contributed by atoms with van der Waals surface area (Å²) in [5.74, 6) is 0.707. The Morgan fingerprint density at radius 1 is 1.16 bits per heavy atom. The fourth-order valence-electron chi connectivity index (χ4n) is 2.26. The number of aromatic hydroxyl groups is 1. The van der Waals surface area contributed by atoms with E-state index in [1.54, 1.807) is 13.2 Å². The Kier molecular flexibility index (Phi) is 3.65. The summed E-state index contributed by atoms with van der Waals surface area (Å²) in [4.78, 5) is 0. The van der Waals surface area contributed by atoms with Crippen LogP contribution < -0.4 is 10.5 Å². The second-order valence-electron chi connectivity index (χ2n) is 4.79. The molecule has 100 valence electrons. The van der Waals surface area contributed by atoms with Crippen molar-refractivity contribution in [1.29, 1.82) is 0 Å². The summed E-state index contributed by atoms with van der Waals surface area (Å²) in [5, 5.41) is 10.1. The fourth-order valence-corrected chi connectivity index (χ4v) is 2.26. The van der Waals surface area contributed by atoms with Gasteiger partial charge in [0.1, 0.15) is 0 Å². The number of phenols is 1. The van der Waals surface area contributed by atoms with Gasteiger partial charge in [-0.1, -0.05) is 24.3 Å². The highest BCUT2D eigenvalue weighted by molar-refractivity contribution is 5.56. The fraction of sp³-hybridized carbons (Fsp3) is 0.250. The van der Waals surface area contributed by atoms with E-state index < -0.39 is 0 Å². The van der Waals surface area contributed by atoms with E-state index in [0.717, 1.165) is 27.9 Å². The van der Waals surface area contributed by atoms with Crippen molar-refractivity contribution in [3.05, 3.63) is 52.6 Å². The Hall–Kier alpha value is -2.16. The Morgan fingerprint density at radius 3 is 2.37 bits per heavy atom. The number of methoxy groups -OCH3 is 1. The van der Waals surface area contributed by atoms with Crippen molar-refractivity contribution in [2.75, 3.05) is 12.8 Å². The lowest BCUT2D eigenvalue weighted by atomic mass is 9.98. The van der Waals surface area contributed by atoms with Crippen molar-refractivity contribution >= 4 is 5.69 Å². The van der Waals surface area contributed by atoms with Crippen LogP contribution in [0.4, 0.5) is 5.69 Å². The molecule has 0 atom stereocenters. The molecule has 0 unspecified atom stereocenters. The summed E-state index contributed by atoms with van der Waals surface area (Å²) in [7, 11) is 1.55. The maximum absolute atomic E-state index is 10.1. The first-order chi connectivity index (χ1) is 9.02. The average molecular weight is 257 g/mol. The van der Waals surface area contributed by atoms with Crippen LogP contribution in [0.3, 0.4) is 0 Å². The topological polar surface area (TPSA) is 55.5 Å². The van der Waals surface area contributed by atoms with Crippen molar-refractivity contribution in [2.24, 2.45) is 0 Å². The molecule has 19 heavy (non-hydrogen) atoms.